The van der Waals surface area contributed by atoms with Gasteiger partial charge in [-0.3, -0.25) is 0 Å². The van der Waals surface area contributed by atoms with E-state index in [1.54, 1.807) is 24.3 Å². The van der Waals surface area contributed by atoms with Crippen LogP contribution >= 0.6 is 0 Å². The molecule has 0 amide bonds. The molecule has 2 heterocycles. The highest BCUT2D eigenvalue weighted by atomic mass is 19.4. The SMILES string of the molecule is FC(F)(F)Cn1c(N2CCCNCC2)nc2ccccc21. The molecule has 2 aromatic rings. The van der Waals surface area contributed by atoms with Crippen molar-refractivity contribution in [2.45, 2.75) is 19.1 Å². The summed E-state index contributed by atoms with van der Waals surface area (Å²) in [7, 11) is 0. The summed E-state index contributed by atoms with van der Waals surface area (Å²) in [5.41, 5.74) is 1.14. The Morgan fingerprint density at radius 3 is 2.76 bits per heavy atom. The van der Waals surface area contributed by atoms with E-state index >= 15 is 0 Å². The summed E-state index contributed by atoms with van der Waals surface area (Å²) in [6.45, 7) is 2.02. The summed E-state index contributed by atoms with van der Waals surface area (Å²) >= 11 is 0. The summed E-state index contributed by atoms with van der Waals surface area (Å²) < 4.78 is 40.0. The third-order valence-corrected chi connectivity index (χ3v) is 3.59. The van der Waals surface area contributed by atoms with Gasteiger partial charge in [-0.15, -0.1) is 0 Å². The van der Waals surface area contributed by atoms with Crippen molar-refractivity contribution in [1.29, 1.82) is 0 Å². The van der Waals surface area contributed by atoms with Crippen molar-refractivity contribution in [3.8, 4) is 0 Å². The van der Waals surface area contributed by atoms with Gasteiger partial charge in [-0.2, -0.15) is 13.2 Å². The molecular weight excluding hydrogens is 281 g/mol. The lowest BCUT2D eigenvalue weighted by atomic mass is 10.3. The van der Waals surface area contributed by atoms with Gasteiger partial charge in [0.1, 0.15) is 6.54 Å². The first-order valence-electron chi connectivity index (χ1n) is 7.02. The topological polar surface area (TPSA) is 33.1 Å². The molecule has 0 aliphatic carbocycles. The van der Waals surface area contributed by atoms with Crippen molar-refractivity contribution in [3.05, 3.63) is 24.3 Å². The summed E-state index contributed by atoms with van der Waals surface area (Å²) in [5, 5.41) is 3.25. The monoisotopic (exact) mass is 298 g/mol. The van der Waals surface area contributed by atoms with Crippen LogP contribution in [0.1, 0.15) is 6.42 Å². The highest BCUT2D eigenvalue weighted by Crippen LogP contribution is 2.28. The quantitative estimate of drug-likeness (QED) is 0.924. The number of halogens is 3. The van der Waals surface area contributed by atoms with Crippen molar-refractivity contribution in [2.75, 3.05) is 31.1 Å². The molecule has 21 heavy (non-hydrogen) atoms. The Hall–Kier alpha value is -1.76. The largest absolute Gasteiger partial charge is 0.406 e. The van der Waals surface area contributed by atoms with Crippen molar-refractivity contribution in [3.63, 3.8) is 0 Å². The summed E-state index contributed by atoms with van der Waals surface area (Å²) in [6.07, 6.45) is -3.36. The van der Waals surface area contributed by atoms with E-state index in [0.717, 1.165) is 19.5 Å². The molecule has 1 aromatic carbocycles. The minimum absolute atomic E-state index is 0.414. The number of aromatic nitrogens is 2. The first-order valence-corrected chi connectivity index (χ1v) is 7.02. The van der Waals surface area contributed by atoms with Gasteiger partial charge in [0.25, 0.3) is 0 Å². The van der Waals surface area contributed by atoms with Gasteiger partial charge in [0.2, 0.25) is 5.95 Å². The number of hydrogen-bond acceptors (Lipinski definition) is 3. The molecule has 1 aliphatic rings. The zero-order valence-corrected chi connectivity index (χ0v) is 11.5. The van der Waals surface area contributed by atoms with Gasteiger partial charge in [0, 0.05) is 19.6 Å². The van der Waals surface area contributed by atoms with E-state index in [-0.39, 0.29) is 0 Å². The van der Waals surface area contributed by atoms with Crippen LogP contribution in [0.4, 0.5) is 19.1 Å². The van der Waals surface area contributed by atoms with Crippen LogP contribution in [0.15, 0.2) is 24.3 Å². The second-order valence-electron chi connectivity index (χ2n) is 5.19. The highest BCUT2D eigenvalue weighted by molar-refractivity contribution is 5.78. The van der Waals surface area contributed by atoms with Crippen molar-refractivity contribution >= 4 is 17.0 Å². The fraction of sp³-hybridized carbons (Fsp3) is 0.500. The van der Waals surface area contributed by atoms with Gasteiger partial charge in [-0.1, -0.05) is 12.1 Å². The van der Waals surface area contributed by atoms with Gasteiger partial charge < -0.3 is 14.8 Å². The molecule has 1 fully saturated rings. The standard InChI is InChI=1S/C14H17F3N4/c15-14(16,17)10-21-12-5-2-1-4-11(12)19-13(21)20-8-3-6-18-7-9-20/h1-2,4-5,18H,3,6-10H2. The molecule has 0 unspecified atom stereocenters. The molecule has 1 N–H and O–H groups in total. The van der Waals surface area contributed by atoms with Gasteiger partial charge in [0.05, 0.1) is 11.0 Å². The second-order valence-corrected chi connectivity index (χ2v) is 5.19. The van der Waals surface area contributed by atoms with E-state index in [0.29, 0.717) is 30.1 Å². The van der Waals surface area contributed by atoms with E-state index < -0.39 is 12.7 Å². The second kappa shape index (κ2) is 5.55. The van der Waals surface area contributed by atoms with E-state index in [1.807, 2.05) is 4.90 Å². The lowest BCUT2D eigenvalue weighted by Crippen LogP contribution is -2.31. The molecule has 0 spiro atoms. The maximum Gasteiger partial charge on any atom is 0.406 e. The molecule has 0 bridgehead atoms. The molecule has 114 valence electrons. The fourth-order valence-corrected chi connectivity index (χ4v) is 2.69. The molecule has 1 aliphatic heterocycles. The van der Waals surface area contributed by atoms with Crippen LogP contribution in [0.5, 0.6) is 0 Å². The van der Waals surface area contributed by atoms with Crippen LogP contribution in [0.2, 0.25) is 0 Å². The maximum absolute atomic E-state index is 12.9. The number of nitrogens with zero attached hydrogens (tertiary/aromatic N) is 3. The number of para-hydroxylation sites is 2. The van der Waals surface area contributed by atoms with Crippen molar-refractivity contribution < 1.29 is 13.2 Å². The van der Waals surface area contributed by atoms with E-state index in [1.165, 1.54) is 4.57 Å². The zero-order chi connectivity index (χ0) is 14.9. The van der Waals surface area contributed by atoms with Gasteiger partial charge in [-0.25, -0.2) is 4.98 Å². The average molecular weight is 298 g/mol. The number of benzene rings is 1. The Labute approximate surface area is 120 Å². The van der Waals surface area contributed by atoms with Crippen LogP contribution in [0.25, 0.3) is 11.0 Å². The molecule has 1 saturated heterocycles. The minimum atomic E-state index is -4.26. The minimum Gasteiger partial charge on any atom is -0.341 e. The smallest absolute Gasteiger partial charge is 0.341 e. The Kier molecular flexibility index (Phi) is 3.75. The Balaban J connectivity index is 2.05. The predicted octanol–water partition coefficient (Wildman–Crippen LogP) is 2.40. The van der Waals surface area contributed by atoms with Crippen molar-refractivity contribution in [2.24, 2.45) is 0 Å². The van der Waals surface area contributed by atoms with Gasteiger partial charge in [-0.05, 0) is 25.1 Å². The Morgan fingerprint density at radius 1 is 1.14 bits per heavy atom. The van der Waals surface area contributed by atoms with Crippen LogP contribution in [-0.4, -0.2) is 41.9 Å². The number of hydrogen-bond donors (Lipinski definition) is 1. The van der Waals surface area contributed by atoms with Crippen LogP contribution in [-0.2, 0) is 6.54 Å². The number of fused-ring (bicyclic) bond motifs is 1. The van der Waals surface area contributed by atoms with Crippen molar-refractivity contribution in [1.82, 2.24) is 14.9 Å². The first kappa shape index (κ1) is 14.2. The third kappa shape index (κ3) is 3.12. The highest BCUT2D eigenvalue weighted by Gasteiger charge is 2.31. The molecule has 7 heteroatoms. The lowest BCUT2D eigenvalue weighted by molar-refractivity contribution is -0.139. The van der Waals surface area contributed by atoms with Gasteiger partial charge >= 0.3 is 6.18 Å². The van der Waals surface area contributed by atoms with Crippen LogP contribution < -0.4 is 10.2 Å². The number of anilines is 1. The number of nitrogens with one attached hydrogen (secondary N) is 1. The van der Waals surface area contributed by atoms with Gasteiger partial charge in [0.15, 0.2) is 0 Å². The normalized spacial score (nSPS) is 17.2. The van der Waals surface area contributed by atoms with E-state index in [4.69, 9.17) is 0 Å². The lowest BCUT2D eigenvalue weighted by Gasteiger charge is -2.23. The molecule has 0 saturated carbocycles. The summed E-state index contributed by atoms with van der Waals surface area (Å²) in [6, 6.07) is 6.97. The average Bonchev–Trinajstić information content (AvgIpc) is 2.63. The molecule has 1 aromatic heterocycles. The molecule has 0 radical (unpaired) electrons. The number of imidazole rings is 1. The van der Waals surface area contributed by atoms with Crippen LogP contribution in [0.3, 0.4) is 0 Å². The molecule has 3 rings (SSSR count). The molecule has 4 nitrogen and oxygen atoms in total. The summed E-state index contributed by atoms with van der Waals surface area (Å²) in [4.78, 5) is 6.36. The van der Waals surface area contributed by atoms with E-state index in [2.05, 4.69) is 10.3 Å². The third-order valence-electron chi connectivity index (χ3n) is 3.59. The Bertz CT molecular complexity index is 612. The first-order chi connectivity index (χ1) is 10.0. The zero-order valence-electron chi connectivity index (χ0n) is 11.5. The molecular formula is C14H17F3N4. The molecule has 0 atom stereocenters. The van der Waals surface area contributed by atoms with E-state index in [9.17, 15) is 13.2 Å². The maximum atomic E-state index is 12.9. The van der Waals surface area contributed by atoms with Crippen LogP contribution in [0, 0.1) is 0 Å². The summed E-state index contributed by atoms with van der Waals surface area (Å²) in [5.74, 6) is 0.414. The fourth-order valence-electron chi connectivity index (χ4n) is 2.69. The predicted molar refractivity (Wildman–Crippen MR) is 75.5 cm³/mol. The number of rotatable bonds is 2. The Morgan fingerprint density at radius 2 is 1.95 bits per heavy atom. The number of alkyl halides is 3.